The van der Waals surface area contributed by atoms with Gasteiger partial charge in [0.15, 0.2) is 17.2 Å². The zero-order valence-corrected chi connectivity index (χ0v) is 11.6. The Labute approximate surface area is 124 Å². The van der Waals surface area contributed by atoms with Gasteiger partial charge in [0.2, 0.25) is 11.7 Å². The zero-order chi connectivity index (χ0) is 14.9. The number of furan rings is 1. The van der Waals surface area contributed by atoms with Crippen molar-refractivity contribution in [2.45, 2.75) is 6.61 Å². The second-order valence-electron chi connectivity index (χ2n) is 4.53. The molecule has 0 aliphatic carbocycles. The molecule has 4 rings (SSSR count). The number of aromatic nitrogens is 7. The Hall–Kier alpha value is -3.23. The maximum atomic E-state index is 5.64. The fourth-order valence-electron chi connectivity index (χ4n) is 2.00. The van der Waals surface area contributed by atoms with Crippen molar-refractivity contribution in [3.8, 4) is 17.5 Å². The summed E-state index contributed by atoms with van der Waals surface area (Å²) >= 11 is 0. The lowest BCUT2D eigenvalue weighted by atomic mass is 10.4. The molecule has 110 valence electrons. The van der Waals surface area contributed by atoms with Crippen LogP contribution >= 0.6 is 0 Å². The van der Waals surface area contributed by atoms with Gasteiger partial charge in [-0.2, -0.15) is 9.61 Å². The summed E-state index contributed by atoms with van der Waals surface area (Å²) in [6.45, 7) is 0.271. The fraction of sp³-hybridized carbons (Fsp3) is 0.154. The van der Waals surface area contributed by atoms with E-state index in [1.807, 2.05) is 0 Å². The number of hydrogen-bond donors (Lipinski definition) is 0. The van der Waals surface area contributed by atoms with Gasteiger partial charge >= 0.3 is 0 Å². The van der Waals surface area contributed by atoms with E-state index in [1.54, 1.807) is 46.8 Å². The van der Waals surface area contributed by atoms with Gasteiger partial charge in [-0.3, -0.25) is 4.68 Å². The van der Waals surface area contributed by atoms with Gasteiger partial charge in [-0.05, 0) is 18.2 Å². The predicted octanol–water partition coefficient (Wildman–Crippen LogP) is 1.09. The van der Waals surface area contributed by atoms with Gasteiger partial charge in [0.05, 0.1) is 6.26 Å². The molecular weight excluding hydrogens is 286 g/mol. The van der Waals surface area contributed by atoms with Crippen molar-refractivity contribution < 1.29 is 9.15 Å². The van der Waals surface area contributed by atoms with Crippen LogP contribution in [0.5, 0.6) is 5.88 Å². The normalized spacial score (nSPS) is 11.1. The molecule has 0 aliphatic rings. The Balaban J connectivity index is 1.65. The summed E-state index contributed by atoms with van der Waals surface area (Å²) in [6.07, 6.45) is 3.05. The van der Waals surface area contributed by atoms with E-state index in [4.69, 9.17) is 9.15 Å². The second kappa shape index (κ2) is 4.95. The second-order valence-corrected chi connectivity index (χ2v) is 4.53. The zero-order valence-electron chi connectivity index (χ0n) is 11.6. The molecule has 22 heavy (non-hydrogen) atoms. The molecule has 0 saturated carbocycles. The van der Waals surface area contributed by atoms with Crippen LogP contribution in [0.3, 0.4) is 0 Å². The average Bonchev–Trinajstić information content (AvgIpc) is 3.25. The molecule has 9 nitrogen and oxygen atoms in total. The number of fused-ring (bicyclic) bond motifs is 1. The molecule has 0 amide bonds. The molecule has 0 fully saturated rings. The largest absolute Gasteiger partial charge is 0.468 e. The lowest BCUT2D eigenvalue weighted by Gasteiger charge is -2.05. The standard InChI is InChI=1S/C13H11N7O2/c1-19-11(14-8-15-19)7-22-12-5-4-10-16-17-13(20(10)18-12)9-3-2-6-21-9/h2-6,8H,7H2,1H3. The minimum Gasteiger partial charge on any atom is -0.468 e. The first-order valence-corrected chi connectivity index (χ1v) is 6.53. The monoisotopic (exact) mass is 297 g/mol. The Morgan fingerprint density at radius 3 is 2.95 bits per heavy atom. The summed E-state index contributed by atoms with van der Waals surface area (Å²) in [7, 11) is 1.80. The first kappa shape index (κ1) is 12.5. The molecule has 4 aromatic rings. The average molecular weight is 297 g/mol. The van der Waals surface area contributed by atoms with E-state index in [0.29, 0.717) is 28.9 Å². The van der Waals surface area contributed by atoms with Crippen molar-refractivity contribution in [3.05, 3.63) is 42.7 Å². The van der Waals surface area contributed by atoms with Crippen LogP contribution < -0.4 is 4.74 Å². The molecular formula is C13H11N7O2. The van der Waals surface area contributed by atoms with Crippen LogP contribution in [0.2, 0.25) is 0 Å². The van der Waals surface area contributed by atoms with Crippen molar-refractivity contribution in [3.63, 3.8) is 0 Å². The number of aryl methyl sites for hydroxylation is 1. The van der Waals surface area contributed by atoms with Crippen molar-refractivity contribution in [1.29, 1.82) is 0 Å². The molecule has 4 aromatic heterocycles. The third kappa shape index (κ3) is 2.08. The highest BCUT2D eigenvalue weighted by molar-refractivity contribution is 5.52. The summed E-state index contributed by atoms with van der Waals surface area (Å²) in [6, 6.07) is 7.08. The van der Waals surface area contributed by atoms with E-state index in [0.717, 1.165) is 0 Å². The number of nitrogens with zero attached hydrogens (tertiary/aromatic N) is 7. The first-order chi connectivity index (χ1) is 10.8. The van der Waals surface area contributed by atoms with Crippen LogP contribution in [0.15, 0.2) is 41.3 Å². The minimum absolute atomic E-state index is 0.271. The highest BCUT2D eigenvalue weighted by Gasteiger charge is 2.12. The predicted molar refractivity (Wildman–Crippen MR) is 73.8 cm³/mol. The van der Waals surface area contributed by atoms with Gasteiger partial charge in [-0.1, -0.05) is 0 Å². The minimum atomic E-state index is 0.271. The molecule has 4 heterocycles. The lowest BCUT2D eigenvalue weighted by Crippen LogP contribution is -2.06. The van der Waals surface area contributed by atoms with Crippen molar-refractivity contribution in [1.82, 2.24) is 34.6 Å². The molecule has 0 atom stereocenters. The van der Waals surface area contributed by atoms with Gasteiger partial charge in [0, 0.05) is 13.1 Å². The first-order valence-electron chi connectivity index (χ1n) is 6.53. The summed E-state index contributed by atoms with van der Waals surface area (Å²) < 4.78 is 14.2. The van der Waals surface area contributed by atoms with E-state index in [2.05, 4.69) is 25.4 Å². The molecule has 0 aromatic carbocycles. The number of hydrogen-bond acceptors (Lipinski definition) is 7. The van der Waals surface area contributed by atoms with Gasteiger partial charge in [0.25, 0.3) is 0 Å². The summed E-state index contributed by atoms with van der Waals surface area (Å²) in [4.78, 5) is 4.09. The molecule has 0 bridgehead atoms. The SMILES string of the molecule is Cn1ncnc1COc1ccc2nnc(-c3ccco3)n2n1. The van der Waals surface area contributed by atoms with E-state index in [9.17, 15) is 0 Å². The molecule has 0 N–H and O–H groups in total. The van der Waals surface area contributed by atoms with Crippen molar-refractivity contribution in [2.75, 3.05) is 0 Å². The van der Waals surface area contributed by atoms with Gasteiger partial charge in [-0.25, -0.2) is 4.98 Å². The summed E-state index contributed by atoms with van der Waals surface area (Å²) in [5, 5.41) is 16.5. The van der Waals surface area contributed by atoms with Crippen LogP contribution in [-0.4, -0.2) is 34.6 Å². The Morgan fingerprint density at radius 2 is 2.18 bits per heavy atom. The van der Waals surface area contributed by atoms with Crippen LogP contribution in [-0.2, 0) is 13.7 Å². The number of rotatable bonds is 4. The maximum Gasteiger partial charge on any atom is 0.232 e. The van der Waals surface area contributed by atoms with E-state index < -0.39 is 0 Å². The van der Waals surface area contributed by atoms with Gasteiger partial charge in [-0.15, -0.1) is 15.3 Å². The smallest absolute Gasteiger partial charge is 0.232 e. The molecule has 0 radical (unpaired) electrons. The van der Waals surface area contributed by atoms with Crippen LogP contribution in [0.1, 0.15) is 5.82 Å². The molecule has 0 saturated heterocycles. The summed E-state index contributed by atoms with van der Waals surface area (Å²) in [5.74, 6) is 2.24. The van der Waals surface area contributed by atoms with E-state index in [-0.39, 0.29) is 6.61 Å². The van der Waals surface area contributed by atoms with Crippen LogP contribution in [0.25, 0.3) is 17.2 Å². The Bertz CT molecular complexity index is 910. The van der Waals surface area contributed by atoms with Crippen LogP contribution in [0, 0.1) is 0 Å². The molecule has 0 unspecified atom stereocenters. The quantitative estimate of drug-likeness (QED) is 0.556. The highest BCUT2D eigenvalue weighted by atomic mass is 16.5. The third-order valence-electron chi connectivity index (χ3n) is 3.13. The van der Waals surface area contributed by atoms with Crippen LogP contribution in [0.4, 0.5) is 0 Å². The third-order valence-corrected chi connectivity index (χ3v) is 3.13. The van der Waals surface area contributed by atoms with E-state index >= 15 is 0 Å². The lowest BCUT2D eigenvalue weighted by molar-refractivity contribution is 0.274. The Morgan fingerprint density at radius 1 is 1.23 bits per heavy atom. The molecule has 9 heteroatoms. The number of ether oxygens (including phenoxy) is 1. The van der Waals surface area contributed by atoms with Crippen molar-refractivity contribution >= 4 is 5.65 Å². The summed E-state index contributed by atoms with van der Waals surface area (Å²) in [5.41, 5.74) is 0.609. The van der Waals surface area contributed by atoms with Gasteiger partial charge < -0.3 is 9.15 Å². The Kier molecular flexibility index (Phi) is 2.81. The van der Waals surface area contributed by atoms with E-state index in [1.165, 1.54) is 6.33 Å². The molecule has 0 aliphatic heterocycles. The topological polar surface area (TPSA) is 96.2 Å². The fourth-order valence-corrected chi connectivity index (χ4v) is 2.00. The maximum absolute atomic E-state index is 5.64. The van der Waals surface area contributed by atoms with Crippen molar-refractivity contribution in [2.24, 2.45) is 7.05 Å². The highest BCUT2D eigenvalue weighted by Crippen LogP contribution is 2.19. The van der Waals surface area contributed by atoms with Gasteiger partial charge in [0.1, 0.15) is 12.9 Å². The molecule has 0 spiro atoms.